The molecule has 3 nitrogen and oxygen atoms in total. The van der Waals surface area contributed by atoms with E-state index < -0.39 is 0 Å². The molecule has 0 aromatic carbocycles. The molecule has 1 rings (SSSR count). The second kappa shape index (κ2) is 4.94. The summed E-state index contributed by atoms with van der Waals surface area (Å²) in [6, 6.07) is 0. The molecule has 0 unspecified atom stereocenters. The van der Waals surface area contributed by atoms with E-state index >= 15 is 0 Å². The zero-order valence-corrected chi connectivity index (χ0v) is 10.8. The van der Waals surface area contributed by atoms with Crippen LogP contribution in [0.2, 0.25) is 0 Å². The number of thiazole rings is 1. The Kier molecular flexibility index (Phi) is 4.11. The van der Waals surface area contributed by atoms with Gasteiger partial charge >= 0.3 is 4.87 Å². The van der Waals surface area contributed by atoms with Crippen LogP contribution in [0.1, 0.15) is 32.9 Å². The van der Waals surface area contributed by atoms with Gasteiger partial charge in [-0.3, -0.25) is 4.79 Å². The second-order valence-corrected chi connectivity index (χ2v) is 5.65. The molecule has 0 spiro atoms. The summed E-state index contributed by atoms with van der Waals surface area (Å²) >= 11 is 1.28. The average Bonchev–Trinajstić information content (AvgIpc) is 2.40. The van der Waals surface area contributed by atoms with Crippen molar-refractivity contribution < 1.29 is 0 Å². The zero-order chi connectivity index (χ0) is 11.5. The van der Waals surface area contributed by atoms with Crippen molar-refractivity contribution in [1.29, 1.82) is 0 Å². The quantitative estimate of drug-likeness (QED) is 0.800. The van der Waals surface area contributed by atoms with Crippen molar-refractivity contribution in [2.24, 2.45) is 0 Å². The molecule has 0 fully saturated rings. The summed E-state index contributed by atoms with van der Waals surface area (Å²) in [6.45, 7) is 10.2. The van der Waals surface area contributed by atoms with Gasteiger partial charge in [0.2, 0.25) is 0 Å². The molecular weight excluding hydrogens is 208 g/mol. The molecule has 0 aliphatic rings. The van der Waals surface area contributed by atoms with Crippen LogP contribution in [0.4, 0.5) is 0 Å². The smallest absolute Gasteiger partial charge is 0.307 e. The lowest BCUT2D eigenvalue weighted by atomic mass is 10.1. The van der Waals surface area contributed by atoms with Crippen LogP contribution >= 0.6 is 11.3 Å². The minimum absolute atomic E-state index is 0.156. The summed E-state index contributed by atoms with van der Waals surface area (Å²) in [4.78, 5) is 11.5. The third kappa shape index (κ3) is 4.18. The van der Waals surface area contributed by atoms with Crippen molar-refractivity contribution in [3.05, 3.63) is 20.7 Å². The maximum atomic E-state index is 11.4. The Morgan fingerprint density at radius 3 is 2.60 bits per heavy atom. The van der Waals surface area contributed by atoms with E-state index in [0.717, 1.165) is 25.2 Å². The Balaban J connectivity index is 2.36. The highest BCUT2D eigenvalue weighted by molar-refractivity contribution is 7.07. The number of hydrogen-bond acceptors (Lipinski definition) is 3. The third-order valence-electron chi connectivity index (χ3n) is 2.19. The number of aryl methyl sites for hydroxylation is 1. The highest BCUT2D eigenvalue weighted by Gasteiger charge is 2.08. The summed E-state index contributed by atoms with van der Waals surface area (Å²) in [5.74, 6) is 0. The van der Waals surface area contributed by atoms with Crippen molar-refractivity contribution in [2.75, 3.05) is 6.54 Å². The molecule has 1 heterocycles. The summed E-state index contributed by atoms with van der Waals surface area (Å²) in [5, 5.41) is 5.33. The molecule has 1 aromatic rings. The summed E-state index contributed by atoms with van der Waals surface area (Å²) in [6.07, 6.45) is 0.995. The van der Waals surface area contributed by atoms with Crippen LogP contribution in [0, 0.1) is 6.92 Å². The fourth-order valence-electron chi connectivity index (χ4n) is 1.38. The number of hydrogen-bond donors (Lipinski definition) is 1. The number of rotatable bonds is 4. The first-order valence-corrected chi connectivity index (χ1v) is 6.18. The Morgan fingerprint density at radius 2 is 2.13 bits per heavy atom. The third-order valence-corrected chi connectivity index (χ3v) is 3.07. The van der Waals surface area contributed by atoms with Gasteiger partial charge in [-0.2, -0.15) is 0 Å². The van der Waals surface area contributed by atoms with Gasteiger partial charge in [0.05, 0.1) is 0 Å². The van der Waals surface area contributed by atoms with Crippen LogP contribution in [0.15, 0.2) is 10.2 Å². The van der Waals surface area contributed by atoms with Gasteiger partial charge in [-0.25, -0.2) is 0 Å². The van der Waals surface area contributed by atoms with Crippen molar-refractivity contribution in [3.63, 3.8) is 0 Å². The number of nitrogens with zero attached hydrogens (tertiary/aromatic N) is 1. The largest absolute Gasteiger partial charge is 0.312 e. The lowest BCUT2D eigenvalue weighted by Crippen LogP contribution is -2.36. The fraction of sp³-hybridized carbons (Fsp3) is 0.727. The molecule has 1 N–H and O–H groups in total. The van der Waals surface area contributed by atoms with Crippen LogP contribution in [-0.2, 0) is 6.54 Å². The van der Waals surface area contributed by atoms with Crippen molar-refractivity contribution in [1.82, 2.24) is 9.88 Å². The van der Waals surface area contributed by atoms with Gasteiger partial charge in [0, 0.05) is 23.2 Å². The van der Waals surface area contributed by atoms with Crippen LogP contribution in [0.5, 0.6) is 0 Å². The minimum Gasteiger partial charge on any atom is -0.312 e. The normalized spacial score (nSPS) is 12.0. The Bertz CT molecular complexity index is 359. The molecule has 0 saturated carbocycles. The van der Waals surface area contributed by atoms with Crippen molar-refractivity contribution in [2.45, 2.75) is 46.2 Å². The molecule has 0 amide bonds. The zero-order valence-electron chi connectivity index (χ0n) is 9.96. The summed E-state index contributed by atoms with van der Waals surface area (Å²) < 4.78 is 1.84. The van der Waals surface area contributed by atoms with Crippen LogP contribution < -0.4 is 10.2 Å². The number of aromatic nitrogens is 1. The first-order valence-electron chi connectivity index (χ1n) is 5.30. The molecule has 0 atom stereocenters. The molecule has 0 radical (unpaired) electrons. The van der Waals surface area contributed by atoms with Gasteiger partial charge in [0.1, 0.15) is 0 Å². The highest BCUT2D eigenvalue weighted by atomic mass is 32.1. The van der Waals surface area contributed by atoms with Gasteiger partial charge in [-0.15, -0.1) is 0 Å². The summed E-state index contributed by atoms with van der Waals surface area (Å²) in [5.41, 5.74) is 1.23. The van der Waals surface area contributed by atoms with E-state index in [1.807, 2.05) is 16.9 Å². The van der Waals surface area contributed by atoms with E-state index in [1.54, 1.807) is 0 Å². The predicted octanol–water partition coefficient (Wildman–Crippen LogP) is 2.00. The van der Waals surface area contributed by atoms with E-state index in [-0.39, 0.29) is 10.4 Å². The number of nitrogens with one attached hydrogen (secondary N) is 1. The Labute approximate surface area is 95.1 Å². The van der Waals surface area contributed by atoms with Crippen LogP contribution in [-0.4, -0.2) is 16.7 Å². The van der Waals surface area contributed by atoms with Crippen molar-refractivity contribution in [3.8, 4) is 0 Å². The molecule has 1 aromatic heterocycles. The van der Waals surface area contributed by atoms with Gasteiger partial charge in [-0.05, 0) is 40.7 Å². The maximum absolute atomic E-state index is 11.4. The first kappa shape index (κ1) is 12.5. The highest BCUT2D eigenvalue weighted by Crippen LogP contribution is 2.02. The Morgan fingerprint density at radius 1 is 1.47 bits per heavy atom. The average molecular weight is 228 g/mol. The second-order valence-electron chi connectivity index (χ2n) is 4.82. The molecular formula is C11H20N2OS. The van der Waals surface area contributed by atoms with Gasteiger partial charge in [0.15, 0.2) is 0 Å². The molecule has 86 valence electrons. The monoisotopic (exact) mass is 228 g/mol. The fourth-order valence-corrected chi connectivity index (χ4v) is 2.14. The van der Waals surface area contributed by atoms with Crippen molar-refractivity contribution >= 4 is 11.3 Å². The predicted molar refractivity (Wildman–Crippen MR) is 65.7 cm³/mol. The van der Waals surface area contributed by atoms with Gasteiger partial charge in [0.25, 0.3) is 0 Å². The lowest BCUT2D eigenvalue weighted by molar-refractivity contribution is 0.412. The van der Waals surface area contributed by atoms with E-state index in [0.29, 0.717) is 0 Å². The summed E-state index contributed by atoms with van der Waals surface area (Å²) in [7, 11) is 0. The SMILES string of the molecule is Cc1csc(=O)n1CCCNC(C)(C)C. The molecule has 4 heteroatoms. The van der Waals surface area contributed by atoms with Crippen LogP contribution in [0.3, 0.4) is 0 Å². The minimum atomic E-state index is 0.156. The molecule has 0 aliphatic heterocycles. The lowest BCUT2D eigenvalue weighted by Gasteiger charge is -2.20. The Hall–Kier alpha value is -0.610. The molecule has 0 bridgehead atoms. The van der Waals surface area contributed by atoms with Gasteiger partial charge < -0.3 is 9.88 Å². The standard InChI is InChI=1S/C11H20N2OS/c1-9-8-15-10(14)13(9)7-5-6-12-11(2,3)4/h8,12H,5-7H2,1-4H3. The molecule has 15 heavy (non-hydrogen) atoms. The van der Waals surface area contributed by atoms with Gasteiger partial charge in [-0.1, -0.05) is 11.3 Å². The maximum Gasteiger partial charge on any atom is 0.307 e. The first-order chi connectivity index (χ1) is 6.90. The van der Waals surface area contributed by atoms with E-state index in [4.69, 9.17) is 0 Å². The van der Waals surface area contributed by atoms with E-state index in [2.05, 4.69) is 26.1 Å². The van der Waals surface area contributed by atoms with E-state index in [1.165, 1.54) is 11.3 Å². The van der Waals surface area contributed by atoms with Crippen LogP contribution in [0.25, 0.3) is 0 Å². The van der Waals surface area contributed by atoms with E-state index in [9.17, 15) is 4.79 Å². The topological polar surface area (TPSA) is 34.0 Å². The molecule has 0 saturated heterocycles. The molecule has 0 aliphatic carbocycles.